The monoisotopic (exact) mass is 704 g/mol. The summed E-state index contributed by atoms with van der Waals surface area (Å²) in [5.41, 5.74) is 13.5. The number of hydrogen-bond donors (Lipinski definition) is 0. The molecule has 2 heterocycles. The third-order valence-electron chi connectivity index (χ3n) is 11.2. The molecule has 10 aromatic rings. The number of benzene rings is 8. The molecule has 1 aliphatic carbocycles. The molecule has 0 amide bonds. The minimum atomic E-state index is -0.501. The summed E-state index contributed by atoms with van der Waals surface area (Å²) in [5.74, 6) is 0.717. The summed E-state index contributed by atoms with van der Waals surface area (Å²) in [6.07, 6.45) is 0. The molecule has 0 saturated carbocycles. The van der Waals surface area contributed by atoms with E-state index >= 15 is 0 Å². The maximum absolute atomic E-state index is 5.27. The van der Waals surface area contributed by atoms with E-state index in [-0.39, 0.29) is 0 Å². The van der Waals surface area contributed by atoms with Crippen molar-refractivity contribution in [2.75, 3.05) is 0 Å². The van der Waals surface area contributed by atoms with Gasteiger partial charge in [0.2, 0.25) is 0 Å². The van der Waals surface area contributed by atoms with E-state index < -0.39 is 5.41 Å². The normalized spacial score (nSPS) is 13.0. The van der Waals surface area contributed by atoms with Crippen molar-refractivity contribution in [3.63, 3.8) is 0 Å². The number of thiophene rings is 1. The highest BCUT2D eigenvalue weighted by molar-refractivity contribution is 7.25. The van der Waals surface area contributed by atoms with E-state index in [1.807, 2.05) is 11.3 Å². The van der Waals surface area contributed by atoms with Crippen LogP contribution in [0.1, 0.15) is 22.3 Å². The Bertz CT molecular complexity index is 2990. The molecule has 0 aliphatic heterocycles. The molecular formula is C51H32N2S. The number of aromatic nitrogens is 2. The van der Waals surface area contributed by atoms with Crippen molar-refractivity contribution in [3.8, 4) is 44.9 Å². The highest BCUT2D eigenvalue weighted by Crippen LogP contribution is 2.56. The van der Waals surface area contributed by atoms with Crippen LogP contribution in [0, 0.1) is 0 Å². The first-order valence-corrected chi connectivity index (χ1v) is 19.2. The second kappa shape index (κ2) is 12.2. The first kappa shape index (κ1) is 30.9. The zero-order valence-electron chi connectivity index (χ0n) is 29.3. The van der Waals surface area contributed by atoms with Crippen LogP contribution in [0.3, 0.4) is 0 Å². The molecule has 252 valence electrons. The van der Waals surface area contributed by atoms with Gasteiger partial charge in [-0.2, -0.15) is 0 Å². The van der Waals surface area contributed by atoms with Gasteiger partial charge in [0, 0.05) is 36.7 Å². The summed E-state index contributed by atoms with van der Waals surface area (Å²) in [6.45, 7) is 0. The van der Waals surface area contributed by atoms with Crippen LogP contribution in [0.5, 0.6) is 0 Å². The average molecular weight is 705 g/mol. The second-order valence-electron chi connectivity index (χ2n) is 14.1. The quantitative estimate of drug-likeness (QED) is 0.178. The van der Waals surface area contributed by atoms with Gasteiger partial charge in [0.25, 0.3) is 0 Å². The van der Waals surface area contributed by atoms with Crippen LogP contribution < -0.4 is 0 Å². The van der Waals surface area contributed by atoms with Gasteiger partial charge in [-0.3, -0.25) is 0 Å². The summed E-state index contributed by atoms with van der Waals surface area (Å²) >= 11 is 1.86. The summed E-state index contributed by atoms with van der Waals surface area (Å²) in [5, 5.41) is 3.66. The fourth-order valence-corrected chi connectivity index (χ4v) is 9.82. The largest absolute Gasteiger partial charge is 0.228 e. The lowest BCUT2D eigenvalue weighted by atomic mass is 9.67. The van der Waals surface area contributed by atoms with Gasteiger partial charge in [0.05, 0.1) is 16.6 Å². The Hall–Kier alpha value is -6.68. The number of para-hydroxylation sites is 1. The summed E-state index contributed by atoms with van der Waals surface area (Å²) in [4.78, 5) is 10.4. The Morgan fingerprint density at radius 3 is 1.69 bits per heavy atom. The predicted octanol–water partition coefficient (Wildman–Crippen LogP) is 13.4. The standard InChI is InChI=1S/C51H32N2S/c1-2-12-33(13-3-1)34-22-24-35(25-23-34)49-42-17-6-10-20-46(42)52-50(53-49)36-26-28-37(29-27-36)51(44-18-8-4-14-39(44)40-15-5-9-19-45(40)51)38-30-31-48-43(32-38)41-16-7-11-21-47(41)54-48/h1-32H. The van der Waals surface area contributed by atoms with Gasteiger partial charge in [-0.05, 0) is 68.8 Å². The molecule has 0 N–H and O–H groups in total. The Morgan fingerprint density at radius 2 is 0.926 bits per heavy atom. The molecule has 2 nitrogen and oxygen atoms in total. The van der Waals surface area contributed by atoms with Crippen LogP contribution >= 0.6 is 11.3 Å². The summed E-state index contributed by atoms with van der Waals surface area (Å²) in [6, 6.07) is 70.4. The lowest BCUT2D eigenvalue weighted by molar-refractivity contribution is 0.770. The molecule has 0 bridgehead atoms. The Morgan fingerprint density at radius 1 is 0.370 bits per heavy atom. The van der Waals surface area contributed by atoms with E-state index in [1.54, 1.807) is 0 Å². The van der Waals surface area contributed by atoms with Crippen molar-refractivity contribution in [1.82, 2.24) is 9.97 Å². The molecule has 54 heavy (non-hydrogen) atoms. The van der Waals surface area contributed by atoms with Crippen LogP contribution in [-0.4, -0.2) is 9.97 Å². The van der Waals surface area contributed by atoms with Crippen molar-refractivity contribution < 1.29 is 0 Å². The summed E-state index contributed by atoms with van der Waals surface area (Å²) < 4.78 is 2.63. The maximum atomic E-state index is 5.27. The van der Waals surface area contributed by atoms with Crippen LogP contribution in [0.25, 0.3) is 76.0 Å². The molecule has 1 aliphatic rings. The van der Waals surface area contributed by atoms with Gasteiger partial charge in [-0.15, -0.1) is 11.3 Å². The Labute approximate surface area is 317 Å². The maximum Gasteiger partial charge on any atom is 0.160 e. The van der Waals surface area contributed by atoms with E-state index in [4.69, 9.17) is 9.97 Å². The van der Waals surface area contributed by atoms with E-state index in [0.29, 0.717) is 0 Å². The number of fused-ring (bicyclic) bond motifs is 7. The van der Waals surface area contributed by atoms with E-state index in [9.17, 15) is 0 Å². The topological polar surface area (TPSA) is 25.8 Å². The second-order valence-corrected chi connectivity index (χ2v) is 15.2. The zero-order chi connectivity index (χ0) is 35.6. The Kier molecular flexibility index (Phi) is 6.98. The number of hydrogen-bond acceptors (Lipinski definition) is 3. The number of rotatable bonds is 5. The predicted molar refractivity (Wildman–Crippen MR) is 226 cm³/mol. The van der Waals surface area contributed by atoms with Crippen LogP contribution in [-0.2, 0) is 5.41 Å². The van der Waals surface area contributed by atoms with Crippen molar-refractivity contribution in [2.45, 2.75) is 5.41 Å². The van der Waals surface area contributed by atoms with Crippen LogP contribution in [0.15, 0.2) is 194 Å². The molecule has 2 aromatic heterocycles. The van der Waals surface area contributed by atoms with Crippen molar-refractivity contribution in [1.29, 1.82) is 0 Å². The van der Waals surface area contributed by atoms with Crippen molar-refractivity contribution >= 4 is 42.4 Å². The van der Waals surface area contributed by atoms with Gasteiger partial charge in [0.15, 0.2) is 5.82 Å². The molecule has 3 heteroatoms. The van der Waals surface area contributed by atoms with Gasteiger partial charge in [0.1, 0.15) is 0 Å². The van der Waals surface area contributed by atoms with E-state index in [0.717, 1.165) is 33.5 Å². The first-order valence-electron chi connectivity index (χ1n) is 18.4. The van der Waals surface area contributed by atoms with Crippen LogP contribution in [0.2, 0.25) is 0 Å². The van der Waals surface area contributed by atoms with E-state index in [1.165, 1.54) is 64.7 Å². The summed E-state index contributed by atoms with van der Waals surface area (Å²) in [7, 11) is 0. The lowest BCUT2D eigenvalue weighted by Gasteiger charge is -2.34. The zero-order valence-corrected chi connectivity index (χ0v) is 30.1. The van der Waals surface area contributed by atoms with Crippen molar-refractivity contribution in [3.05, 3.63) is 216 Å². The highest BCUT2D eigenvalue weighted by Gasteiger charge is 2.46. The van der Waals surface area contributed by atoms with E-state index in [2.05, 4.69) is 194 Å². The Balaban J connectivity index is 1.08. The molecule has 0 atom stereocenters. The lowest BCUT2D eigenvalue weighted by Crippen LogP contribution is -2.28. The SMILES string of the molecule is c1ccc(-c2ccc(-c3nc(-c4ccc(C5(c6ccc7sc8ccccc8c7c6)c6ccccc6-c6ccccc65)cc4)nc4ccccc34)cc2)cc1. The first-order chi connectivity index (χ1) is 26.8. The number of nitrogens with zero attached hydrogens (tertiary/aromatic N) is 2. The van der Waals surface area contributed by atoms with Gasteiger partial charge in [-0.25, -0.2) is 9.97 Å². The van der Waals surface area contributed by atoms with Crippen LogP contribution in [0.4, 0.5) is 0 Å². The van der Waals surface area contributed by atoms with Gasteiger partial charge in [-0.1, -0.05) is 170 Å². The van der Waals surface area contributed by atoms with Gasteiger partial charge < -0.3 is 0 Å². The third-order valence-corrected chi connectivity index (χ3v) is 12.4. The minimum Gasteiger partial charge on any atom is -0.228 e. The molecule has 11 rings (SSSR count). The molecule has 0 unspecified atom stereocenters. The minimum absolute atomic E-state index is 0.501. The fourth-order valence-electron chi connectivity index (χ4n) is 8.73. The molecule has 0 saturated heterocycles. The van der Waals surface area contributed by atoms with Crippen molar-refractivity contribution in [2.24, 2.45) is 0 Å². The molecular weight excluding hydrogens is 673 g/mol. The van der Waals surface area contributed by atoms with Gasteiger partial charge >= 0.3 is 0 Å². The third kappa shape index (κ3) is 4.65. The fraction of sp³-hybridized carbons (Fsp3) is 0.0196. The smallest absolute Gasteiger partial charge is 0.160 e. The molecule has 0 spiro atoms. The average Bonchev–Trinajstić information content (AvgIpc) is 3.77. The molecule has 0 fully saturated rings. The molecule has 0 radical (unpaired) electrons. The highest BCUT2D eigenvalue weighted by atomic mass is 32.1. The molecule has 8 aromatic carbocycles.